The molecule has 0 spiro atoms. The van der Waals surface area contributed by atoms with Crippen LogP contribution in [0.5, 0.6) is 0 Å². The molecule has 1 rings (SSSR count). The van der Waals surface area contributed by atoms with Gasteiger partial charge in [0.15, 0.2) is 0 Å². The van der Waals surface area contributed by atoms with Crippen LogP contribution in [0.25, 0.3) is 0 Å². The molecular weight excluding hydrogens is 172 g/mol. The Hall–Kier alpha value is -0.520. The average molecular weight is 194 g/mol. The third-order valence-electron chi connectivity index (χ3n) is 2.99. The van der Waals surface area contributed by atoms with Crippen LogP contribution in [0.2, 0.25) is 0 Å². The van der Waals surface area contributed by atoms with Crippen LogP contribution in [0.1, 0.15) is 26.2 Å². The maximum absolute atomic E-state index is 5.28. The Labute approximate surface area is 88.1 Å². The summed E-state index contributed by atoms with van der Waals surface area (Å²) in [5, 5.41) is 3.40. The molecule has 2 nitrogen and oxygen atoms in total. The van der Waals surface area contributed by atoms with Gasteiger partial charge < -0.3 is 10.2 Å². The number of hydrogen-bond acceptors (Lipinski definition) is 2. The zero-order valence-corrected chi connectivity index (χ0v) is 9.26. The highest BCUT2D eigenvalue weighted by molar-refractivity contribution is 4.85. The summed E-state index contributed by atoms with van der Waals surface area (Å²) in [7, 11) is 0. The summed E-state index contributed by atoms with van der Waals surface area (Å²) in [5.41, 5.74) is 0. The van der Waals surface area contributed by atoms with Crippen molar-refractivity contribution in [3.05, 3.63) is 0 Å². The smallest absolute Gasteiger partial charge is 0.0214 e. The minimum absolute atomic E-state index is 0.883. The summed E-state index contributed by atoms with van der Waals surface area (Å²) in [6.07, 6.45) is 8.82. The maximum Gasteiger partial charge on any atom is 0.0214 e. The molecule has 1 aliphatic heterocycles. The standard InChI is InChI=1S/C12H22N2/c1-3-5-10-14(4-2)11-12-6-8-13-9-7-12/h1,12-13H,4-11H2,2H3. The van der Waals surface area contributed by atoms with Crippen molar-refractivity contribution in [1.82, 2.24) is 10.2 Å². The summed E-state index contributed by atoms with van der Waals surface area (Å²) < 4.78 is 0. The molecule has 1 heterocycles. The van der Waals surface area contributed by atoms with Gasteiger partial charge in [0.25, 0.3) is 0 Å². The largest absolute Gasteiger partial charge is 0.317 e. The SMILES string of the molecule is C#CCCN(CC)CC1CCNCC1. The second-order valence-corrected chi connectivity index (χ2v) is 4.04. The van der Waals surface area contributed by atoms with Gasteiger partial charge >= 0.3 is 0 Å². The number of piperidine rings is 1. The Morgan fingerprint density at radius 2 is 2.14 bits per heavy atom. The van der Waals surface area contributed by atoms with E-state index >= 15 is 0 Å². The lowest BCUT2D eigenvalue weighted by atomic mass is 9.97. The normalized spacial score (nSPS) is 18.4. The fraction of sp³-hybridized carbons (Fsp3) is 0.833. The number of nitrogens with one attached hydrogen (secondary N) is 1. The van der Waals surface area contributed by atoms with Crippen LogP contribution >= 0.6 is 0 Å². The number of terminal acetylenes is 1. The number of nitrogens with zero attached hydrogens (tertiary/aromatic N) is 1. The molecule has 0 atom stereocenters. The van der Waals surface area contributed by atoms with Crippen LogP contribution < -0.4 is 5.32 Å². The molecule has 2 heteroatoms. The molecule has 0 unspecified atom stereocenters. The lowest BCUT2D eigenvalue weighted by Crippen LogP contribution is -2.36. The van der Waals surface area contributed by atoms with Crippen molar-refractivity contribution in [3.8, 4) is 12.3 Å². The van der Waals surface area contributed by atoms with E-state index in [-0.39, 0.29) is 0 Å². The second kappa shape index (κ2) is 6.86. The van der Waals surface area contributed by atoms with E-state index in [1.54, 1.807) is 0 Å². The van der Waals surface area contributed by atoms with E-state index in [2.05, 4.69) is 23.1 Å². The van der Waals surface area contributed by atoms with Gasteiger partial charge in [-0.25, -0.2) is 0 Å². The van der Waals surface area contributed by atoms with Crippen LogP contribution in [0, 0.1) is 18.3 Å². The maximum atomic E-state index is 5.28. The molecule has 0 aromatic carbocycles. The van der Waals surface area contributed by atoms with Crippen LogP contribution in [0.3, 0.4) is 0 Å². The lowest BCUT2D eigenvalue weighted by molar-refractivity contribution is 0.217. The minimum atomic E-state index is 0.883. The fourth-order valence-corrected chi connectivity index (χ4v) is 2.03. The van der Waals surface area contributed by atoms with Crippen molar-refractivity contribution >= 4 is 0 Å². The monoisotopic (exact) mass is 194 g/mol. The van der Waals surface area contributed by atoms with E-state index < -0.39 is 0 Å². The molecule has 0 aromatic rings. The highest BCUT2D eigenvalue weighted by Crippen LogP contribution is 2.13. The van der Waals surface area contributed by atoms with E-state index in [0.717, 1.165) is 25.4 Å². The topological polar surface area (TPSA) is 15.3 Å². The molecule has 0 aliphatic carbocycles. The molecule has 1 saturated heterocycles. The predicted molar refractivity (Wildman–Crippen MR) is 61.2 cm³/mol. The summed E-state index contributed by atoms with van der Waals surface area (Å²) in [5.74, 6) is 3.60. The van der Waals surface area contributed by atoms with Gasteiger partial charge in [0.2, 0.25) is 0 Å². The third kappa shape index (κ3) is 4.13. The van der Waals surface area contributed by atoms with Gasteiger partial charge in [-0.15, -0.1) is 12.3 Å². The summed E-state index contributed by atoms with van der Waals surface area (Å²) in [6.45, 7) is 8.04. The van der Waals surface area contributed by atoms with Crippen LogP contribution in [0.15, 0.2) is 0 Å². The molecule has 1 aliphatic rings. The van der Waals surface area contributed by atoms with Crippen LogP contribution in [-0.4, -0.2) is 37.6 Å². The minimum Gasteiger partial charge on any atom is -0.317 e. The highest BCUT2D eigenvalue weighted by atomic mass is 15.1. The van der Waals surface area contributed by atoms with Gasteiger partial charge in [0.05, 0.1) is 0 Å². The van der Waals surface area contributed by atoms with Crippen molar-refractivity contribution in [2.24, 2.45) is 5.92 Å². The first-order chi connectivity index (χ1) is 6.86. The Morgan fingerprint density at radius 1 is 1.43 bits per heavy atom. The van der Waals surface area contributed by atoms with E-state index in [0.29, 0.717) is 0 Å². The second-order valence-electron chi connectivity index (χ2n) is 4.04. The van der Waals surface area contributed by atoms with Crippen molar-refractivity contribution in [2.45, 2.75) is 26.2 Å². The molecule has 0 aromatic heterocycles. The third-order valence-corrected chi connectivity index (χ3v) is 2.99. The number of hydrogen-bond donors (Lipinski definition) is 1. The zero-order valence-electron chi connectivity index (χ0n) is 9.26. The molecule has 0 bridgehead atoms. The van der Waals surface area contributed by atoms with Gasteiger partial charge in [-0.3, -0.25) is 0 Å². The van der Waals surface area contributed by atoms with E-state index in [1.165, 1.54) is 32.5 Å². The molecule has 1 N–H and O–H groups in total. The molecular formula is C12H22N2. The first kappa shape index (κ1) is 11.6. The van der Waals surface area contributed by atoms with Crippen LogP contribution in [0.4, 0.5) is 0 Å². The quantitative estimate of drug-likeness (QED) is 0.664. The van der Waals surface area contributed by atoms with Crippen molar-refractivity contribution < 1.29 is 0 Å². The summed E-state index contributed by atoms with van der Waals surface area (Å²) >= 11 is 0. The van der Waals surface area contributed by atoms with Crippen molar-refractivity contribution in [1.29, 1.82) is 0 Å². The van der Waals surface area contributed by atoms with Gasteiger partial charge in [-0.2, -0.15) is 0 Å². The Balaban J connectivity index is 2.20. The van der Waals surface area contributed by atoms with Gasteiger partial charge in [-0.05, 0) is 38.4 Å². The van der Waals surface area contributed by atoms with E-state index in [4.69, 9.17) is 6.42 Å². The van der Waals surface area contributed by atoms with Crippen LogP contribution in [-0.2, 0) is 0 Å². The van der Waals surface area contributed by atoms with Crippen molar-refractivity contribution in [2.75, 3.05) is 32.7 Å². The van der Waals surface area contributed by atoms with E-state index in [9.17, 15) is 0 Å². The average Bonchev–Trinajstić information content (AvgIpc) is 2.25. The molecule has 1 fully saturated rings. The molecule has 14 heavy (non-hydrogen) atoms. The van der Waals surface area contributed by atoms with Gasteiger partial charge in [0, 0.05) is 19.5 Å². The lowest BCUT2D eigenvalue weighted by Gasteiger charge is -2.28. The Morgan fingerprint density at radius 3 is 2.71 bits per heavy atom. The Bertz CT molecular complexity index is 177. The highest BCUT2D eigenvalue weighted by Gasteiger charge is 2.15. The molecule has 0 saturated carbocycles. The number of rotatable bonds is 5. The Kier molecular flexibility index (Phi) is 5.66. The van der Waals surface area contributed by atoms with Gasteiger partial charge in [0.1, 0.15) is 0 Å². The summed E-state index contributed by atoms with van der Waals surface area (Å²) in [4.78, 5) is 2.48. The van der Waals surface area contributed by atoms with Crippen molar-refractivity contribution in [3.63, 3.8) is 0 Å². The first-order valence-electron chi connectivity index (χ1n) is 5.73. The predicted octanol–water partition coefficient (Wildman–Crippen LogP) is 1.33. The summed E-state index contributed by atoms with van der Waals surface area (Å²) in [6, 6.07) is 0. The molecule has 80 valence electrons. The van der Waals surface area contributed by atoms with Gasteiger partial charge in [-0.1, -0.05) is 6.92 Å². The zero-order chi connectivity index (χ0) is 10.2. The first-order valence-corrected chi connectivity index (χ1v) is 5.73. The molecule has 0 radical (unpaired) electrons. The fourth-order valence-electron chi connectivity index (χ4n) is 2.03. The van der Waals surface area contributed by atoms with E-state index in [1.807, 2.05) is 0 Å². The molecule has 0 amide bonds.